The highest BCUT2D eigenvalue weighted by Crippen LogP contribution is 2.20. The van der Waals surface area contributed by atoms with E-state index in [0.29, 0.717) is 18.8 Å². The fourth-order valence-corrected chi connectivity index (χ4v) is 3.22. The highest BCUT2D eigenvalue weighted by molar-refractivity contribution is 14.1. The van der Waals surface area contributed by atoms with E-state index in [-0.39, 0.29) is 5.97 Å². The van der Waals surface area contributed by atoms with Gasteiger partial charge in [-0.2, -0.15) is 0 Å². The van der Waals surface area contributed by atoms with Gasteiger partial charge in [0.1, 0.15) is 5.82 Å². The minimum atomic E-state index is -0.123. The van der Waals surface area contributed by atoms with Crippen LogP contribution in [0, 0.1) is 7.14 Å². The minimum Gasteiger partial charge on any atom is -0.466 e. The third kappa shape index (κ3) is 5.25. The van der Waals surface area contributed by atoms with Gasteiger partial charge in [-0.1, -0.05) is 0 Å². The number of carbonyl (C=O) groups excluding carboxylic acids is 1. The van der Waals surface area contributed by atoms with E-state index in [2.05, 4.69) is 50.2 Å². The van der Waals surface area contributed by atoms with E-state index in [0.717, 1.165) is 32.1 Å². The average molecular weight is 474 g/mol. The number of halogens is 2. The number of unbranched alkanes of at least 4 members (excludes halogenated alkanes) is 1. The van der Waals surface area contributed by atoms with Crippen LogP contribution in [0.25, 0.3) is 0 Å². The molecule has 0 amide bonds. The minimum absolute atomic E-state index is 0.123. The first-order chi connectivity index (χ1) is 8.54. The van der Waals surface area contributed by atoms with Crippen LogP contribution in [0.1, 0.15) is 31.9 Å². The van der Waals surface area contributed by atoms with Crippen LogP contribution in [0.5, 0.6) is 0 Å². The second kappa shape index (κ2) is 8.13. The van der Waals surface area contributed by atoms with Crippen LogP contribution in [0.3, 0.4) is 0 Å². The van der Waals surface area contributed by atoms with E-state index >= 15 is 0 Å². The van der Waals surface area contributed by atoms with Gasteiger partial charge < -0.3 is 10.5 Å². The second-order valence-corrected chi connectivity index (χ2v) is 6.12. The highest BCUT2D eigenvalue weighted by atomic mass is 127. The Balaban J connectivity index is 2.40. The van der Waals surface area contributed by atoms with Crippen molar-refractivity contribution in [1.82, 2.24) is 4.98 Å². The molecule has 0 saturated carbocycles. The summed E-state index contributed by atoms with van der Waals surface area (Å²) in [6, 6.07) is 2.03. The van der Waals surface area contributed by atoms with E-state index in [4.69, 9.17) is 10.5 Å². The Morgan fingerprint density at radius 2 is 2.11 bits per heavy atom. The number of carbonyl (C=O) groups is 1. The number of pyridine rings is 1. The van der Waals surface area contributed by atoms with Gasteiger partial charge in [-0.05, 0) is 77.4 Å². The van der Waals surface area contributed by atoms with Gasteiger partial charge in [-0.25, -0.2) is 4.98 Å². The van der Waals surface area contributed by atoms with Crippen LogP contribution >= 0.6 is 45.2 Å². The number of nitrogens with zero attached hydrogens (tertiary/aromatic N) is 1. The van der Waals surface area contributed by atoms with Crippen molar-refractivity contribution in [2.75, 3.05) is 12.3 Å². The number of anilines is 1. The summed E-state index contributed by atoms with van der Waals surface area (Å²) in [7, 11) is 0. The van der Waals surface area contributed by atoms with Crippen molar-refractivity contribution in [3.63, 3.8) is 0 Å². The zero-order valence-electron chi connectivity index (χ0n) is 10.2. The van der Waals surface area contributed by atoms with E-state index < -0.39 is 0 Å². The lowest BCUT2D eigenvalue weighted by Gasteiger charge is -2.06. The van der Waals surface area contributed by atoms with Gasteiger partial charge in [-0.15, -0.1) is 0 Å². The van der Waals surface area contributed by atoms with Crippen LogP contribution in [0.2, 0.25) is 0 Å². The fraction of sp³-hybridized carbons (Fsp3) is 0.500. The molecule has 18 heavy (non-hydrogen) atoms. The summed E-state index contributed by atoms with van der Waals surface area (Å²) >= 11 is 4.44. The van der Waals surface area contributed by atoms with Gasteiger partial charge >= 0.3 is 5.97 Å². The van der Waals surface area contributed by atoms with Crippen LogP contribution in [-0.2, 0) is 16.0 Å². The van der Waals surface area contributed by atoms with Crippen LogP contribution in [0.15, 0.2) is 6.07 Å². The molecule has 6 heteroatoms. The Kier molecular flexibility index (Phi) is 7.20. The van der Waals surface area contributed by atoms with Gasteiger partial charge in [0.05, 0.1) is 15.9 Å². The third-order valence-corrected chi connectivity index (χ3v) is 4.18. The molecule has 0 aliphatic rings. The fourth-order valence-electron chi connectivity index (χ4n) is 1.49. The van der Waals surface area contributed by atoms with Crippen molar-refractivity contribution < 1.29 is 9.53 Å². The Morgan fingerprint density at radius 3 is 2.78 bits per heavy atom. The lowest BCUT2D eigenvalue weighted by molar-refractivity contribution is -0.143. The summed E-state index contributed by atoms with van der Waals surface area (Å²) < 4.78 is 6.98. The molecule has 0 aromatic carbocycles. The maximum absolute atomic E-state index is 11.2. The maximum Gasteiger partial charge on any atom is 0.305 e. The zero-order chi connectivity index (χ0) is 13.5. The quantitative estimate of drug-likeness (QED) is 0.391. The molecule has 0 saturated heterocycles. The Labute approximate surface area is 134 Å². The number of nitrogen functional groups attached to an aromatic ring is 1. The topological polar surface area (TPSA) is 65.2 Å². The van der Waals surface area contributed by atoms with E-state index in [1.54, 1.807) is 0 Å². The summed E-state index contributed by atoms with van der Waals surface area (Å²) in [5.74, 6) is 0.457. The van der Waals surface area contributed by atoms with E-state index in [1.807, 2.05) is 13.0 Å². The predicted octanol–water partition coefficient (Wildman–Crippen LogP) is 3.15. The number of rotatable bonds is 6. The molecule has 0 radical (unpaired) electrons. The van der Waals surface area contributed by atoms with Crippen molar-refractivity contribution in [3.8, 4) is 0 Å². The zero-order valence-corrected chi connectivity index (χ0v) is 14.5. The largest absolute Gasteiger partial charge is 0.466 e. The second-order valence-electron chi connectivity index (χ2n) is 3.80. The van der Waals surface area contributed by atoms with Gasteiger partial charge in [0, 0.05) is 9.99 Å². The molecule has 0 aliphatic heterocycles. The Hall–Kier alpha value is -0.120. The molecule has 0 unspecified atom stereocenters. The molecule has 4 nitrogen and oxygen atoms in total. The number of aryl methyl sites for hydroxylation is 1. The lowest BCUT2D eigenvalue weighted by atomic mass is 10.1. The molecule has 0 bridgehead atoms. The molecule has 100 valence electrons. The molecule has 0 aliphatic carbocycles. The Morgan fingerprint density at radius 1 is 1.39 bits per heavy atom. The number of hydrogen-bond acceptors (Lipinski definition) is 4. The molecule has 0 spiro atoms. The number of aromatic nitrogens is 1. The summed E-state index contributed by atoms with van der Waals surface area (Å²) in [6.07, 6.45) is 3.06. The van der Waals surface area contributed by atoms with Gasteiger partial charge in [-0.3, -0.25) is 4.79 Å². The number of ether oxygens (including phenoxy) is 1. The van der Waals surface area contributed by atoms with Gasteiger partial charge in [0.25, 0.3) is 0 Å². The summed E-state index contributed by atoms with van der Waals surface area (Å²) in [5.41, 5.74) is 6.80. The number of esters is 1. The van der Waals surface area contributed by atoms with Crippen molar-refractivity contribution >= 4 is 57.0 Å². The van der Waals surface area contributed by atoms with Gasteiger partial charge in [0.15, 0.2) is 0 Å². The Bertz CT molecular complexity index is 425. The normalized spacial score (nSPS) is 10.4. The van der Waals surface area contributed by atoms with Gasteiger partial charge in [0.2, 0.25) is 0 Å². The summed E-state index contributed by atoms with van der Waals surface area (Å²) in [5, 5.41) is 0. The maximum atomic E-state index is 11.2. The highest BCUT2D eigenvalue weighted by Gasteiger charge is 2.07. The number of nitrogens with two attached hydrogens (primary N) is 1. The van der Waals surface area contributed by atoms with Crippen molar-refractivity contribution in [3.05, 3.63) is 18.9 Å². The van der Waals surface area contributed by atoms with E-state index in [9.17, 15) is 4.79 Å². The first-order valence-corrected chi connectivity index (χ1v) is 7.96. The molecular formula is C12H16I2N2O2. The van der Waals surface area contributed by atoms with Crippen molar-refractivity contribution in [2.45, 2.75) is 32.6 Å². The standard InChI is InChI=1S/C12H16I2N2O2/c1-2-18-11(17)6-4-3-5-10-8(13)7-9(14)12(15)16-10/h7H,2-6H2,1H3,(H2,15,16). The smallest absolute Gasteiger partial charge is 0.305 e. The monoisotopic (exact) mass is 474 g/mol. The molecule has 1 rings (SSSR count). The molecule has 1 aromatic heterocycles. The third-order valence-electron chi connectivity index (χ3n) is 2.38. The SMILES string of the molecule is CCOC(=O)CCCCc1nc(N)c(I)cc1I. The first-order valence-electron chi connectivity index (χ1n) is 5.80. The molecule has 0 atom stereocenters. The molecule has 1 aromatic rings. The van der Waals surface area contributed by atoms with Crippen LogP contribution < -0.4 is 5.73 Å². The molecule has 1 heterocycles. The molecule has 2 N–H and O–H groups in total. The van der Waals surface area contributed by atoms with Crippen LogP contribution in [0.4, 0.5) is 5.82 Å². The lowest BCUT2D eigenvalue weighted by Crippen LogP contribution is -2.05. The first kappa shape index (κ1) is 15.9. The average Bonchev–Trinajstić information content (AvgIpc) is 2.31. The van der Waals surface area contributed by atoms with Crippen LogP contribution in [-0.4, -0.2) is 17.6 Å². The summed E-state index contributed by atoms with van der Waals surface area (Å²) in [4.78, 5) is 15.5. The molecule has 0 fully saturated rings. The predicted molar refractivity (Wildman–Crippen MR) is 88.3 cm³/mol. The van der Waals surface area contributed by atoms with Crippen molar-refractivity contribution in [1.29, 1.82) is 0 Å². The number of hydrogen-bond donors (Lipinski definition) is 1. The summed E-state index contributed by atoms with van der Waals surface area (Å²) in [6.45, 7) is 2.27. The van der Waals surface area contributed by atoms with Crippen molar-refractivity contribution in [2.24, 2.45) is 0 Å². The van der Waals surface area contributed by atoms with E-state index in [1.165, 1.54) is 0 Å². The molecular weight excluding hydrogens is 458 g/mol.